The molecule has 0 radical (unpaired) electrons. The number of benzene rings is 3. The van der Waals surface area contributed by atoms with Crippen molar-refractivity contribution in [3.8, 4) is 5.75 Å². The van der Waals surface area contributed by atoms with Crippen LogP contribution in [0.15, 0.2) is 94.0 Å². The number of halogens is 1. The minimum Gasteiger partial charge on any atom is -0.489 e. The number of hydrogen-bond acceptors (Lipinski definition) is 7. The third-order valence-electron chi connectivity index (χ3n) is 7.17. The Hall–Kier alpha value is -3.53. The molecule has 1 atom stereocenters. The second-order valence-electron chi connectivity index (χ2n) is 9.90. The maximum atomic E-state index is 13.6. The Morgan fingerprint density at radius 1 is 1.05 bits per heavy atom. The van der Waals surface area contributed by atoms with Crippen LogP contribution in [0.2, 0.25) is 0 Å². The highest BCUT2D eigenvalue weighted by molar-refractivity contribution is 7.86. The van der Waals surface area contributed by atoms with E-state index in [0.29, 0.717) is 22.8 Å². The normalized spacial score (nSPS) is 19.2. The van der Waals surface area contributed by atoms with Crippen molar-refractivity contribution in [2.45, 2.75) is 55.6 Å². The second kappa shape index (κ2) is 11.7. The molecule has 1 aliphatic carbocycles. The zero-order valence-corrected chi connectivity index (χ0v) is 22.4. The lowest BCUT2D eigenvalue weighted by Crippen LogP contribution is -2.31. The number of oxazole rings is 1. The molecule has 2 N–H and O–H groups in total. The van der Waals surface area contributed by atoms with Crippen LogP contribution in [0.1, 0.15) is 54.5 Å². The van der Waals surface area contributed by atoms with E-state index in [9.17, 15) is 12.8 Å². The van der Waals surface area contributed by atoms with Crippen molar-refractivity contribution in [1.29, 1.82) is 0 Å². The standard InChI is InChI=1S/C30H31FN2O5S/c1-20-7-14-26(15-8-20)39(34,35)38-29(32)24(18-31)19-36-25-13-16-27-28(17-25)37-30(33-27)23-11-9-22(10-12-23)21-5-3-2-4-6-21/h2-8,13-18,22-23,29H,9-12,19,32H2,1H3/b24-18+. The molecule has 204 valence electrons. The Morgan fingerprint density at radius 3 is 2.44 bits per heavy atom. The largest absolute Gasteiger partial charge is 0.489 e. The van der Waals surface area contributed by atoms with E-state index in [0.717, 1.165) is 37.1 Å². The Balaban J connectivity index is 1.19. The van der Waals surface area contributed by atoms with Crippen molar-refractivity contribution in [3.63, 3.8) is 0 Å². The highest BCUT2D eigenvalue weighted by Gasteiger charge is 2.27. The lowest BCUT2D eigenvalue weighted by atomic mass is 9.79. The number of ether oxygens (including phenoxy) is 1. The third kappa shape index (κ3) is 6.38. The molecule has 1 fully saturated rings. The molecule has 1 unspecified atom stereocenters. The van der Waals surface area contributed by atoms with Crippen molar-refractivity contribution >= 4 is 21.2 Å². The molecule has 0 bridgehead atoms. The molecule has 3 aromatic carbocycles. The van der Waals surface area contributed by atoms with E-state index in [1.807, 2.05) is 13.0 Å². The Bertz CT molecular complexity index is 1540. The van der Waals surface area contributed by atoms with Crippen molar-refractivity contribution in [2.24, 2.45) is 5.73 Å². The number of nitrogens with zero attached hydrogens (tertiary/aromatic N) is 1. The first-order valence-corrected chi connectivity index (χ1v) is 14.4. The van der Waals surface area contributed by atoms with Crippen LogP contribution in [0.4, 0.5) is 4.39 Å². The molecular weight excluding hydrogens is 519 g/mol. The molecule has 0 saturated heterocycles. The summed E-state index contributed by atoms with van der Waals surface area (Å²) in [5.74, 6) is 1.95. The summed E-state index contributed by atoms with van der Waals surface area (Å²) in [4.78, 5) is 4.62. The summed E-state index contributed by atoms with van der Waals surface area (Å²) in [5.41, 5.74) is 9.24. The van der Waals surface area contributed by atoms with Gasteiger partial charge in [-0.3, -0.25) is 0 Å². The van der Waals surface area contributed by atoms with Crippen LogP contribution in [-0.2, 0) is 14.3 Å². The fraction of sp³-hybridized carbons (Fsp3) is 0.300. The molecule has 0 amide bonds. The number of rotatable bonds is 9. The van der Waals surface area contributed by atoms with E-state index >= 15 is 0 Å². The van der Waals surface area contributed by atoms with Gasteiger partial charge in [0, 0.05) is 17.6 Å². The number of nitrogens with two attached hydrogens (primary N) is 1. The molecule has 1 aliphatic rings. The number of hydrogen-bond donors (Lipinski definition) is 1. The summed E-state index contributed by atoms with van der Waals surface area (Å²) in [6, 6.07) is 21.8. The summed E-state index contributed by atoms with van der Waals surface area (Å²) in [7, 11) is -4.18. The number of aromatic nitrogens is 1. The van der Waals surface area contributed by atoms with Gasteiger partial charge in [-0.1, -0.05) is 48.0 Å². The molecule has 9 heteroatoms. The fourth-order valence-corrected chi connectivity index (χ4v) is 5.86. The van der Waals surface area contributed by atoms with Gasteiger partial charge in [0.1, 0.15) is 17.9 Å². The maximum Gasteiger partial charge on any atom is 0.298 e. The van der Waals surface area contributed by atoms with E-state index < -0.39 is 16.3 Å². The average molecular weight is 551 g/mol. The van der Waals surface area contributed by atoms with Gasteiger partial charge in [0.15, 0.2) is 17.7 Å². The van der Waals surface area contributed by atoms with Crippen LogP contribution < -0.4 is 10.5 Å². The SMILES string of the molecule is Cc1ccc(S(=O)(=O)OC(N)/C(=C/F)COc2ccc3nc(C4CCC(c5ccccc5)CC4)oc3c2)cc1. The molecule has 39 heavy (non-hydrogen) atoms. The Morgan fingerprint density at radius 2 is 1.74 bits per heavy atom. The zero-order valence-electron chi connectivity index (χ0n) is 21.6. The van der Waals surface area contributed by atoms with E-state index in [1.165, 1.54) is 17.7 Å². The predicted molar refractivity (Wildman–Crippen MR) is 147 cm³/mol. The van der Waals surface area contributed by atoms with Gasteiger partial charge in [0.05, 0.1) is 11.2 Å². The molecular formula is C30H31FN2O5S. The fourth-order valence-electron chi connectivity index (χ4n) is 4.89. The quantitative estimate of drug-likeness (QED) is 0.187. The maximum absolute atomic E-state index is 13.6. The molecule has 5 rings (SSSR count). The van der Waals surface area contributed by atoms with Crippen LogP contribution in [0.5, 0.6) is 5.75 Å². The van der Waals surface area contributed by atoms with Crippen molar-refractivity contribution < 1.29 is 26.1 Å². The van der Waals surface area contributed by atoms with Crippen LogP contribution in [0, 0.1) is 6.92 Å². The highest BCUT2D eigenvalue weighted by Crippen LogP contribution is 2.41. The lowest BCUT2D eigenvalue weighted by molar-refractivity contribution is 0.224. The smallest absolute Gasteiger partial charge is 0.298 e. The first kappa shape index (κ1) is 27.1. The van der Waals surface area contributed by atoms with Gasteiger partial charge in [-0.25, -0.2) is 13.6 Å². The van der Waals surface area contributed by atoms with Crippen molar-refractivity contribution in [2.75, 3.05) is 6.61 Å². The summed E-state index contributed by atoms with van der Waals surface area (Å²) < 4.78 is 55.4. The first-order chi connectivity index (χ1) is 18.8. The minimum absolute atomic E-state index is 0.0668. The van der Waals surface area contributed by atoms with Crippen LogP contribution in [0.3, 0.4) is 0 Å². The van der Waals surface area contributed by atoms with Crippen LogP contribution in [-0.4, -0.2) is 26.2 Å². The molecule has 0 spiro atoms. The van der Waals surface area contributed by atoms with Crippen molar-refractivity contribution in [1.82, 2.24) is 4.98 Å². The van der Waals surface area contributed by atoms with Gasteiger partial charge in [-0.05, 0) is 68.4 Å². The van der Waals surface area contributed by atoms with Gasteiger partial charge in [0.25, 0.3) is 10.1 Å². The van der Waals surface area contributed by atoms with Crippen LogP contribution in [0.25, 0.3) is 11.1 Å². The topological polar surface area (TPSA) is 105 Å². The Kier molecular flexibility index (Phi) is 8.11. The predicted octanol–water partition coefficient (Wildman–Crippen LogP) is 6.50. The van der Waals surface area contributed by atoms with Crippen LogP contribution >= 0.6 is 0 Å². The minimum atomic E-state index is -4.18. The highest BCUT2D eigenvalue weighted by atomic mass is 32.2. The molecule has 0 aliphatic heterocycles. The summed E-state index contributed by atoms with van der Waals surface area (Å²) in [6.07, 6.45) is 2.83. The van der Waals surface area contributed by atoms with E-state index in [2.05, 4.69) is 29.2 Å². The third-order valence-corrected chi connectivity index (χ3v) is 8.49. The summed E-state index contributed by atoms with van der Waals surface area (Å²) in [6.45, 7) is 1.52. The van der Waals surface area contributed by atoms with E-state index in [1.54, 1.807) is 30.3 Å². The van der Waals surface area contributed by atoms with Crippen molar-refractivity contribution in [3.05, 3.63) is 102 Å². The van der Waals surface area contributed by atoms with Gasteiger partial charge in [0.2, 0.25) is 0 Å². The lowest BCUT2D eigenvalue weighted by Gasteiger charge is -2.27. The molecule has 1 saturated carbocycles. The summed E-state index contributed by atoms with van der Waals surface area (Å²) >= 11 is 0. The average Bonchev–Trinajstić information content (AvgIpc) is 3.37. The van der Waals surface area contributed by atoms with Gasteiger partial charge < -0.3 is 14.9 Å². The summed E-state index contributed by atoms with van der Waals surface area (Å²) in [5, 5.41) is 0. The van der Waals surface area contributed by atoms with Gasteiger partial charge >= 0.3 is 0 Å². The van der Waals surface area contributed by atoms with Gasteiger partial charge in [-0.15, -0.1) is 0 Å². The molecule has 1 heterocycles. The van der Waals surface area contributed by atoms with E-state index in [-0.39, 0.29) is 29.3 Å². The monoisotopic (exact) mass is 550 g/mol. The Labute approximate surface area is 227 Å². The molecule has 1 aromatic heterocycles. The first-order valence-electron chi connectivity index (χ1n) is 13.0. The second-order valence-corrected chi connectivity index (χ2v) is 11.5. The van der Waals surface area contributed by atoms with Gasteiger partial charge in [-0.2, -0.15) is 8.42 Å². The van der Waals surface area contributed by atoms with E-state index in [4.69, 9.17) is 19.1 Å². The molecule has 4 aromatic rings. The number of aryl methyl sites for hydroxylation is 1. The zero-order chi connectivity index (χ0) is 27.4. The molecule has 7 nitrogen and oxygen atoms in total. The number of fused-ring (bicyclic) bond motifs is 1.